The maximum Gasteiger partial charge on any atom is 0.293 e. The first kappa shape index (κ1) is 43.9. The van der Waals surface area contributed by atoms with Gasteiger partial charge in [0, 0.05) is 80.7 Å². The normalized spacial score (nSPS) is 15.6. The Kier molecular flexibility index (Phi) is 12.9. The maximum absolute atomic E-state index is 15.0. The van der Waals surface area contributed by atoms with E-state index in [1.165, 1.54) is 28.8 Å². The largest absolute Gasteiger partial charge is 0.457 e. The predicted octanol–water partition coefficient (Wildman–Crippen LogP) is 9.89. The molecule has 2 aliphatic heterocycles. The second-order valence-corrected chi connectivity index (χ2v) is 19.3. The van der Waals surface area contributed by atoms with Crippen LogP contribution in [-0.2, 0) is 26.7 Å². The lowest BCUT2D eigenvalue weighted by Crippen LogP contribution is -2.57. The molecule has 8 rings (SSSR count). The molecule has 328 valence electrons. The molecule has 15 heteroatoms. The molecule has 13 nitrogen and oxygen atoms in total. The number of fused-ring (bicyclic) bond motifs is 1. The molecule has 63 heavy (non-hydrogen) atoms. The summed E-state index contributed by atoms with van der Waals surface area (Å²) in [5.74, 6) is 0.0169. The number of aromatic nitrogens is 1. The quantitative estimate of drug-likeness (QED) is 0.0848. The van der Waals surface area contributed by atoms with Crippen LogP contribution in [0, 0.1) is 16.0 Å². The minimum atomic E-state index is -4.74. The predicted molar refractivity (Wildman–Crippen MR) is 246 cm³/mol. The molecular formula is C48H51ClN6O7S. The number of nitro benzene ring substituents is 1. The number of halogens is 1. The summed E-state index contributed by atoms with van der Waals surface area (Å²) < 4.78 is 42.5. The topological polar surface area (TPSA) is 150 Å². The highest BCUT2D eigenvalue weighted by molar-refractivity contribution is 7.89. The third-order valence-electron chi connectivity index (χ3n) is 11.8. The van der Waals surface area contributed by atoms with E-state index >= 15 is 0 Å². The van der Waals surface area contributed by atoms with E-state index in [1.807, 2.05) is 48.7 Å². The van der Waals surface area contributed by atoms with Crippen molar-refractivity contribution in [3.63, 3.8) is 0 Å². The fourth-order valence-electron chi connectivity index (χ4n) is 8.12. The number of hydrogen-bond acceptors (Lipinski definition) is 10. The molecule has 0 spiro atoms. The molecule has 0 unspecified atom stereocenters. The molecule has 6 aromatic rings. The van der Waals surface area contributed by atoms with Crippen molar-refractivity contribution in [2.75, 3.05) is 51.3 Å². The number of benzene rings is 5. The van der Waals surface area contributed by atoms with Crippen LogP contribution in [0.3, 0.4) is 0 Å². The highest BCUT2D eigenvalue weighted by Gasteiger charge is 2.39. The van der Waals surface area contributed by atoms with E-state index in [-0.39, 0.29) is 46.3 Å². The Bertz CT molecular complexity index is 2720. The number of hydrazine groups is 1. The summed E-state index contributed by atoms with van der Waals surface area (Å²) in [7, 11) is -4.74. The number of para-hydroxylation sites is 1. The second-order valence-electron chi connectivity index (χ2n) is 17.1. The van der Waals surface area contributed by atoms with E-state index in [9.17, 15) is 23.3 Å². The molecule has 3 heterocycles. The summed E-state index contributed by atoms with van der Waals surface area (Å²) in [6.45, 7) is 10.0. The molecule has 0 aliphatic carbocycles. The van der Waals surface area contributed by atoms with Crippen LogP contribution in [0.2, 0.25) is 5.02 Å². The minimum absolute atomic E-state index is 0.00784. The van der Waals surface area contributed by atoms with Gasteiger partial charge in [-0.05, 0) is 107 Å². The Morgan fingerprint density at radius 2 is 1.68 bits per heavy atom. The zero-order valence-corrected chi connectivity index (χ0v) is 37.1. The first-order valence-electron chi connectivity index (χ1n) is 21.1. The van der Waals surface area contributed by atoms with Crippen LogP contribution in [0.25, 0.3) is 22.0 Å². The lowest BCUT2D eigenvalue weighted by molar-refractivity contribution is -0.384. The van der Waals surface area contributed by atoms with Crippen LogP contribution in [0.5, 0.6) is 11.5 Å². The van der Waals surface area contributed by atoms with Gasteiger partial charge in [-0.3, -0.25) is 19.8 Å². The summed E-state index contributed by atoms with van der Waals surface area (Å²) >= 11 is 6.27. The van der Waals surface area contributed by atoms with Crippen LogP contribution in [0.1, 0.15) is 55.1 Å². The lowest BCUT2D eigenvalue weighted by atomic mass is 9.84. The number of anilines is 1. The number of piperazine rings is 1. The molecule has 2 aliphatic rings. The number of nitrogens with one attached hydrogen (secondary N) is 2. The van der Waals surface area contributed by atoms with Gasteiger partial charge in [0.25, 0.3) is 21.6 Å². The van der Waals surface area contributed by atoms with Crippen molar-refractivity contribution in [2.45, 2.75) is 50.5 Å². The van der Waals surface area contributed by atoms with Gasteiger partial charge in [0.05, 0.1) is 15.4 Å². The number of H-pyrrole nitrogens is 1. The van der Waals surface area contributed by atoms with E-state index < -0.39 is 26.5 Å². The van der Waals surface area contributed by atoms with Crippen molar-refractivity contribution in [3.05, 3.63) is 147 Å². The molecule has 2 saturated heterocycles. The summed E-state index contributed by atoms with van der Waals surface area (Å²) in [6, 6.07) is 31.9. The van der Waals surface area contributed by atoms with Gasteiger partial charge in [-0.2, -0.15) is 12.8 Å². The molecule has 1 amide bonds. The molecule has 5 aromatic carbocycles. The summed E-state index contributed by atoms with van der Waals surface area (Å²) in [5.41, 5.74) is 5.05. The Morgan fingerprint density at radius 3 is 2.41 bits per heavy atom. The number of hydrogen-bond donors (Lipinski definition) is 2. The molecule has 2 N–H and O–H groups in total. The van der Waals surface area contributed by atoms with Crippen molar-refractivity contribution >= 4 is 49.8 Å². The summed E-state index contributed by atoms with van der Waals surface area (Å²) in [5, 5.41) is 18.7. The number of amides is 1. The van der Waals surface area contributed by atoms with E-state index in [2.05, 4.69) is 54.2 Å². The first-order chi connectivity index (χ1) is 30.2. The zero-order chi connectivity index (χ0) is 44.3. The summed E-state index contributed by atoms with van der Waals surface area (Å²) in [6.07, 6.45) is 3.45. The van der Waals surface area contributed by atoms with Gasteiger partial charge in [0.1, 0.15) is 17.2 Å². The third kappa shape index (κ3) is 9.90. The number of sulfonamides is 1. The van der Waals surface area contributed by atoms with E-state index in [4.69, 9.17) is 21.1 Å². The van der Waals surface area contributed by atoms with Crippen molar-refractivity contribution in [2.24, 2.45) is 5.92 Å². The number of aromatic amines is 1. The van der Waals surface area contributed by atoms with Gasteiger partial charge in [0.15, 0.2) is 0 Å². The van der Waals surface area contributed by atoms with Crippen LogP contribution in [0.15, 0.2) is 120 Å². The Balaban J connectivity index is 1.10. The number of nitrogens with zero attached hydrogens (tertiary/aromatic N) is 4. The van der Waals surface area contributed by atoms with E-state index in [1.54, 1.807) is 24.3 Å². The molecule has 0 saturated carbocycles. The fraction of sp³-hybridized carbons (Fsp3) is 0.312. The number of ether oxygens (including phenoxy) is 2. The number of carbonyl (C=O) groups excluding carboxylic acids is 1. The standard InChI is InChI=1S/C48H51ClN6O7S/c1-48(2,3)37-11-8-36(42(29-37)34-9-12-38(49)13-10-34)32-52-22-24-53(25-23-52)54(47(56)41-6-4-5-7-46(41)62-39-14-16-43-35(28-39)18-21-50-43)63(59,60)40-15-17-44(45(30-40)55(57)58)51-31-33-19-26-61-27-20-33/h4-18,21,28-30,33,50-51H,19-20,22-27,31-32H2,1-3H3. The van der Waals surface area contributed by atoms with Gasteiger partial charge in [0.2, 0.25) is 0 Å². The Morgan fingerprint density at radius 1 is 0.937 bits per heavy atom. The maximum atomic E-state index is 15.0. The van der Waals surface area contributed by atoms with Crippen molar-refractivity contribution in [3.8, 4) is 22.6 Å². The third-order valence-corrected chi connectivity index (χ3v) is 13.7. The highest BCUT2D eigenvalue weighted by Crippen LogP contribution is 2.36. The molecule has 2 fully saturated rings. The van der Waals surface area contributed by atoms with Gasteiger partial charge in [-0.25, -0.2) is 5.01 Å². The van der Waals surface area contributed by atoms with Crippen molar-refractivity contribution < 1.29 is 27.6 Å². The molecule has 0 radical (unpaired) electrons. The van der Waals surface area contributed by atoms with Crippen LogP contribution >= 0.6 is 11.6 Å². The smallest absolute Gasteiger partial charge is 0.293 e. The average molecular weight is 891 g/mol. The number of carbonyl (C=O) groups is 1. The molecule has 0 atom stereocenters. The average Bonchev–Trinajstić information content (AvgIpc) is 3.75. The van der Waals surface area contributed by atoms with Crippen molar-refractivity contribution in [1.29, 1.82) is 0 Å². The van der Waals surface area contributed by atoms with Gasteiger partial charge < -0.3 is 19.8 Å². The van der Waals surface area contributed by atoms with Gasteiger partial charge in [-0.15, -0.1) is 0 Å². The minimum Gasteiger partial charge on any atom is -0.457 e. The first-order valence-corrected chi connectivity index (χ1v) is 23.0. The number of nitro groups is 1. The van der Waals surface area contributed by atoms with Gasteiger partial charge >= 0.3 is 0 Å². The number of rotatable bonds is 13. The fourth-order valence-corrected chi connectivity index (χ4v) is 9.73. The van der Waals surface area contributed by atoms with E-state index in [0.717, 1.165) is 50.9 Å². The monoisotopic (exact) mass is 890 g/mol. The van der Waals surface area contributed by atoms with Crippen LogP contribution < -0.4 is 10.1 Å². The summed E-state index contributed by atoms with van der Waals surface area (Å²) in [4.78, 5) is 31.8. The highest BCUT2D eigenvalue weighted by atomic mass is 35.5. The molecule has 0 bridgehead atoms. The molecule has 1 aromatic heterocycles. The van der Waals surface area contributed by atoms with Crippen molar-refractivity contribution in [1.82, 2.24) is 19.3 Å². The van der Waals surface area contributed by atoms with Crippen LogP contribution in [0.4, 0.5) is 11.4 Å². The lowest BCUT2D eigenvalue weighted by Gasteiger charge is -2.40. The second kappa shape index (κ2) is 18.5. The van der Waals surface area contributed by atoms with Gasteiger partial charge in [-0.1, -0.05) is 74.8 Å². The van der Waals surface area contributed by atoms with Crippen LogP contribution in [-0.4, -0.2) is 84.5 Å². The Hall–Kier alpha value is -5.77. The Labute approximate surface area is 372 Å². The SMILES string of the molecule is CC(C)(C)c1ccc(CN2CCN(N(C(=O)c3ccccc3Oc3ccc4[nH]ccc4c3)S(=O)(=O)c3ccc(NCC4CCOCC4)c([N+](=O)[O-])c3)CC2)c(-c2ccc(Cl)cc2)c1. The van der Waals surface area contributed by atoms with E-state index in [0.29, 0.717) is 50.2 Å². The zero-order valence-electron chi connectivity index (χ0n) is 35.6. The molecular weight excluding hydrogens is 840 g/mol.